The molecule has 6 nitrogen and oxygen atoms in total. The maximum Gasteiger partial charge on any atom is 0.319 e. The first-order valence-corrected chi connectivity index (χ1v) is 6.14. The van der Waals surface area contributed by atoms with E-state index in [1.165, 1.54) is 18.2 Å². The van der Waals surface area contributed by atoms with Crippen LogP contribution in [-0.4, -0.2) is 15.8 Å². The number of carbonyl (C=O) groups excluding carboxylic acids is 1. The quantitative estimate of drug-likeness (QED) is 0.535. The Bertz CT molecular complexity index is 737. The molecule has 2 aromatic rings. The predicted octanol–water partition coefficient (Wildman–Crippen LogP) is 3.34. The number of carbonyl (C=O) groups is 1. The van der Waals surface area contributed by atoms with Gasteiger partial charge >= 0.3 is 5.69 Å². The highest BCUT2D eigenvalue weighted by atomic mass is 35.5. The van der Waals surface area contributed by atoms with Crippen LogP contribution in [0, 0.1) is 22.9 Å². The van der Waals surface area contributed by atoms with E-state index in [-0.39, 0.29) is 11.3 Å². The summed E-state index contributed by atoms with van der Waals surface area (Å²) in [5.41, 5.74) is -0.248. The van der Waals surface area contributed by atoms with E-state index in [1.807, 2.05) is 0 Å². The van der Waals surface area contributed by atoms with Crippen molar-refractivity contribution in [3.05, 3.63) is 62.7 Å². The molecule has 0 aliphatic rings. The summed E-state index contributed by atoms with van der Waals surface area (Å²) in [7, 11) is 0. The topological polar surface area (TPSA) is 85.1 Å². The highest BCUT2D eigenvalue weighted by molar-refractivity contribution is 6.32. The van der Waals surface area contributed by atoms with Crippen LogP contribution in [0.2, 0.25) is 5.15 Å². The van der Waals surface area contributed by atoms with Crippen molar-refractivity contribution in [2.45, 2.75) is 6.92 Å². The highest BCUT2D eigenvalue weighted by Gasteiger charge is 2.25. The standard InChI is InChI=1S/C13H9ClFN3O3/c1-7-2-3-9(15)10(6-7)17-13(19)8-4-5-16-12(14)11(8)18(20)21/h2-6H,1H3,(H,17,19). The molecule has 2 rings (SSSR count). The minimum absolute atomic E-state index is 0.0674. The van der Waals surface area contributed by atoms with Crippen LogP contribution in [0.1, 0.15) is 15.9 Å². The van der Waals surface area contributed by atoms with E-state index < -0.39 is 27.5 Å². The van der Waals surface area contributed by atoms with Gasteiger partial charge < -0.3 is 5.32 Å². The zero-order chi connectivity index (χ0) is 15.6. The largest absolute Gasteiger partial charge is 0.319 e. The normalized spacial score (nSPS) is 10.2. The van der Waals surface area contributed by atoms with Crippen molar-refractivity contribution in [2.75, 3.05) is 5.32 Å². The molecule has 0 spiro atoms. The van der Waals surface area contributed by atoms with Gasteiger partial charge in [-0.15, -0.1) is 0 Å². The summed E-state index contributed by atoms with van der Waals surface area (Å²) in [5, 5.41) is 12.8. The zero-order valence-corrected chi connectivity index (χ0v) is 11.5. The molecule has 1 heterocycles. The Hall–Kier alpha value is -2.54. The Morgan fingerprint density at radius 2 is 2.14 bits per heavy atom. The van der Waals surface area contributed by atoms with Crippen molar-refractivity contribution in [3.8, 4) is 0 Å². The molecule has 108 valence electrons. The van der Waals surface area contributed by atoms with Gasteiger partial charge in [0.05, 0.1) is 10.6 Å². The average molecular weight is 310 g/mol. The second kappa shape index (κ2) is 5.84. The molecule has 0 saturated heterocycles. The van der Waals surface area contributed by atoms with Crippen molar-refractivity contribution in [3.63, 3.8) is 0 Å². The minimum atomic E-state index is -0.838. The molecular weight excluding hydrogens is 301 g/mol. The van der Waals surface area contributed by atoms with Gasteiger partial charge in [-0.25, -0.2) is 9.37 Å². The summed E-state index contributed by atoms with van der Waals surface area (Å²) in [6.45, 7) is 1.72. The minimum Gasteiger partial charge on any atom is -0.319 e. The lowest BCUT2D eigenvalue weighted by atomic mass is 10.2. The van der Waals surface area contributed by atoms with Crippen LogP contribution in [0.15, 0.2) is 30.5 Å². The van der Waals surface area contributed by atoms with Crippen molar-refractivity contribution in [1.29, 1.82) is 0 Å². The Balaban J connectivity index is 2.40. The summed E-state index contributed by atoms with van der Waals surface area (Å²) in [4.78, 5) is 25.8. The van der Waals surface area contributed by atoms with E-state index in [2.05, 4.69) is 10.3 Å². The van der Waals surface area contributed by atoms with Gasteiger partial charge in [-0.1, -0.05) is 17.7 Å². The molecule has 0 radical (unpaired) electrons. The smallest absolute Gasteiger partial charge is 0.319 e. The first kappa shape index (κ1) is 14.9. The molecule has 1 aromatic heterocycles. The highest BCUT2D eigenvalue weighted by Crippen LogP contribution is 2.27. The maximum atomic E-state index is 13.6. The van der Waals surface area contributed by atoms with Gasteiger partial charge in [0, 0.05) is 6.20 Å². The summed E-state index contributed by atoms with van der Waals surface area (Å²) in [6, 6.07) is 5.30. The van der Waals surface area contributed by atoms with Gasteiger partial charge in [0.25, 0.3) is 5.91 Å². The number of halogens is 2. The molecule has 0 aliphatic heterocycles. The van der Waals surface area contributed by atoms with Crippen molar-refractivity contribution in [2.24, 2.45) is 0 Å². The third-order valence-corrected chi connectivity index (χ3v) is 2.95. The van der Waals surface area contributed by atoms with Gasteiger partial charge in [-0.05, 0) is 30.7 Å². The molecule has 1 N–H and O–H groups in total. The van der Waals surface area contributed by atoms with Crippen LogP contribution in [0.5, 0.6) is 0 Å². The van der Waals surface area contributed by atoms with E-state index in [1.54, 1.807) is 6.92 Å². The summed E-state index contributed by atoms with van der Waals surface area (Å²) < 4.78 is 13.6. The Morgan fingerprint density at radius 3 is 2.81 bits per heavy atom. The number of nitro groups is 1. The number of hydrogen-bond donors (Lipinski definition) is 1. The third-order valence-electron chi connectivity index (χ3n) is 2.68. The molecule has 1 aromatic carbocycles. The summed E-state index contributed by atoms with van der Waals surface area (Å²) >= 11 is 5.62. The number of pyridine rings is 1. The van der Waals surface area contributed by atoms with Gasteiger partial charge in [-0.3, -0.25) is 14.9 Å². The molecule has 0 unspecified atom stereocenters. The average Bonchev–Trinajstić information content (AvgIpc) is 2.42. The van der Waals surface area contributed by atoms with Crippen LogP contribution in [0.25, 0.3) is 0 Å². The second-order valence-corrected chi connectivity index (χ2v) is 4.55. The Labute approximate surface area is 123 Å². The number of hydrogen-bond acceptors (Lipinski definition) is 4. The summed E-state index contributed by atoms with van der Waals surface area (Å²) in [6.07, 6.45) is 1.16. The van der Waals surface area contributed by atoms with Crippen LogP contribution < -0.4 is 5.32 Å². The number of benzene rings is 1. The van der Waals surface area contributed by atoms with E-state index in [4.69, 9.17) is 11.6 Å². The number of anilines is 1. The maximum absolute atomic E-state index is 13.6. The van der Waals surface area contributed by atoms with Gasteiger partial charge in [0.2, 0.25) is 5.15 Å². The molecule has 8 heteroatoms. The van der Waals surface area contributed by atoms with Crippen molar-refractivity contribution < 1.29 is 14.1 Å². The van der Waals surface area contributed by atoms with Crippen LogP contribution in [-0.2, 0) is 0 Å². The first-order valence-electron chi connectivity index (χ1n) is 5.76. The monoisotopic (exact) mass is 309 g/mol. The lowest BCUT2D eigenvalue weighted by Gasteiger charge is -2.08. The number of aryl methyl sites for hydroxylation is 1. The van der Waals surface area contributed by atoms with Crippen LogP contribution in [0.3, 0.4) is 0 Å². The molecular formula is C13H9ClFN3O3. The fourth-order valence-electron chi connectivity index (χ4n) is 1.71. The van der Waals surface area contributed by atoms with Crippen LogP contribution >= 0.6 is 11.6 Å². The molecule has 0 aliphatic carbocycles. The Morgan fingerprint density at radius 1 is 1.43 bits per heavy atom. The molecule has 0 atom stereocenters. The van der Waals surface area contributed by atoms with E-state index in [0.717, 1.165) is 17.8 Å². The summed E-state index contributed by atoms with van der Waals surface area (Å²) in [5.74, 6) is -1.48. The fourth-order valence-corrected chi connectivity index (χ4v) is 1.94. The van der Waals surface area contributed by atoms with Gasteiger partial charge in [-0.2, -0.15) is 0 Å². The van der Waals surface area contributed by atoms with E-state index in [0.29, 0.717) is 0 Å². The van der Waals surface area contributed by atoms with Gasteiger partial charge in [0.1, 0.15) is 11.4 Å². The van der Waals surface area contributed by atoms with Crippen molar-refractivity contribution >= 4 is 28.9 Å². The van der Waals surface area contributed by atoms with E-state index in [9.17, 15) is 19.3 Å². The SMILES string of the molecule is Cc1ccc(F)c(NC(=O)c2ccnc(Cl)c2[N+](=O)[O-])c1. The molecule has 21 heavy (non-hydrogen) atoms. The van der Waals surface area contributed by atoms with Crippen molar-refractivity contribution in [1.82, 2.24) is 4.98 Å². The van der Waals surface area contributed by atoms with Crippen LogP contribution in [0.4, 0.5) is 15.8 Å². The lowest BCUT2D eigenvalue weighted by molar-refractivity contribution is -0.385. The lowest BCUT2D eigenvalue weighted by Crippen LogP contribution is -2.15. The predicted molar refractivity (Wildman–Crippen MR) is 75.0 cm³/mol. The molecule has 0 bridgehead atoms. The van der Waals surface area contributed by atoms with E-state index >= 15 is 0 Å². The molecule has 1 amide bonds. The number of aromatic nitrogens is 1. The number of nitrogens with zero attached hydrogens (tertiary/aromatic N) is 2. The fraction of sp³-hybridized carbons (Fsp3) is 0.0769. The number of nitrogens with one attached hydrogen (secondary N) is 1. The number of rotatable bonds is 3. The second-order valence-electron chi connectivity index (χ2n) is 4.19. The number of amides is 1. The molecule has 0 saturated carbocycles. The van der Waals surface area contributed by atoms with Gasteiger partial charge in [0.15, 0.2) is 0 Å². The third kappa shape index (κ3) is 3.14. The Kier molecular flexibility index (Phi) is 4.13. The first-order chi connectivity index (χ1) is 9.90. The molecule has 0 fully saturated rings. The zero-order valence-electron chi connectivity index (χ0n) is 10.8.